The van der Waals surface area contributed by atoms with Crippen LogP contribution < -0.4 is 11.1 Å². The Balaban J connectivity index is 2.12. The standard InChI is InChI=1S/C14H13FN4S/c1-7-3-4-9(15)6-11(7)17-12-10-5-8(2)20-13(10)19-14(16)18-12/h3-6H,1-2H3,(H3,16,17,18,19). The molecule has 0 atom stereocenters. The molecular weight excluding hydrogens is 275 g/mol. The Kier molecular flexibility index (Phi) is 3.02. The fraction of sp³-hybridized carbons (Fsp3) is 0.143. The van der Waals surface area contributed by atoms with E-state index in [1.54, 1.807) is 17.4 Å². The van der Waals surface area contributed by atoms with E-state index in [2.05, 4.69) is 15.3 Å². The minimum atomic E-state index is -0.294. The second kappa shape index (κ2) is 4.72. The van der Waals surface area contributed by atoms with E-state index in [0.29, 0.717) is 11.5 Å². The lowest BCUT2D eigenvalue weighted by molar-refractivity contribution is 0.628. The molecule has 0 aliphatic heterocycles. The van der Waals surface area contributed by atoms with Gasteiger partial charge in [-0.1, -0.05) is 6.07 Å². The third kappa shape index (κ3) is 2.30. The number of anilines is 3. The smallest absolute Gasteiger partial charge is 0.223 e. The van der Waals surface area contributed by atoms with E-state index in [4.69, 9.17) is 5.73 Å². The summed E-state index contributed by atoms with van der Waals surface area (Å²) in [5.41, 5.74) is 7.33. The third-order valence-electron chi connectivity index (χ3n) is 2.99. The number of benzene rings is 1. The first kappa shape index (κ1) is 12.8. The molecule has 0 spiro atoms. The number of thiophene rings is 1. The molecule has 3 aromatic rings. The van der Waals surface area contributed by atoms with E-state index < -0.39 is 0 Å². The van der Waals surface area contributed by atoms with Crippen LogP contribution in [-0.4, -0.2) is 9.97 Å². The van der Waals surface area contributed by atoms with E-state index in [0.717, 1.165) is 20.7 Å². The highest BCUT2D eigenvalue weighted by Crippen LogP contribution is 2.31. The molecule has 0 radical (unpaired) electrons. The van der Waals surface area contributed by atoms with Crippen LogP contribution in [0.5, 0.6) is 0 Å². The summed E-state index contributed by atoms with van der Waals surface area (Å²) < 4.78 is 13.4. The van der Waals surface area contributed by atoms with Gasteiger partial charge in [0.1, 0.15) is 16.5 Å². The molecule has 0 amide bonds. The molecule has 0 bridgehead atoms. The van der Waals surface area contributed by atoms with E-state index in [9.17, 15) is 4.39 Å². The summed E-state index contributed by atoms with van der Waals surface area (Å²) in [5.74, 6) is 0.513. The zero-order chi connectivity index (χ0) is 14.3. The summed E-state index contributed by atoms with van der Waals surface area (Å²) in [5, 5.41) is 4.04. The Morgan fingerprint density at radius 3 is 2.80 bits per heavy atom. The number of hydrogen-bond acceptors (Lipinski definition) is 5. The fourth-order valence-corrected chi connectivity index (χ4v) is 2.90. The molecule has 0 aliphatic rings. The maximum atomic E-state index is 13.4. The van der Waals surface area contributed by atoms with Crippen LogP contribution in [0.25, 0.3) is 10.2 Å². The van der Waals surface area contributed by atoms with Crippen molar-refractivity contribution in [2.75, 3.05) is 11.1 Å². The highest BCUT2D eigenvalue weighted by molar-refractivity contribution is 7.18. The van der Waals surface area contributed by atoms with Gasteiger partial charge < -0.3 is 11.1 Å². The van der Waals surface area contributed by atoms with Crippen molar-refractivity contribution in [1.82, 2.24) is 9.97 Å². The zero-order valence-electron chi connectivity index (χ0n) is 11.1. The predicted molar refractivity (Wildman–Crippen MR) is 81.0 cm³/mol. The first-order valence-corrected chi connectivity index (χ1v) is 6.91. The maximum absolute atomic E-state index is 13.4. The van der Waals surface area contributed by atoms with Crippen LogP contribution in [0.3, 0.4) is 0 Å². The Bertz CT molecular complexity index is 797. The molecule has 0 unspecified atom stereocenters. The molecule has 2 aromatic heterocycles. The van der Waals surface area contributed by atoms with E-state index in [-0.39, 0.29) is 11.8 Å². The van der Waals surface area contributed by atoms with Crippen molar-refractivity contribution >= 4 is 39.0 Å². The SMILES string of the molecule is Cc1cc2c(Nc3cc(F)ccc3C)nc(N)nc2s1. The molecule has 2 heterocycles. The van der Waals surface area contributed by atoms with Gasteiger partial charge in [0.15, 0.2) is 0 Å². The van der Waals surface area contributed by atoms with Crippen molar-refractivity contribution in [3.8, 4) is 0 Å². The van der Waals surface area contributed by atoms with E-state index >= 15 is 0 Å². The lowest BCUT2D eigenvalue weighted by atomic mass is 10.2. The molecule has 3 N–H and O–H groups in total. The molecule has 6 heteroatoms. The highest BCUT2D eigenvalue weighted by atomic mass is 32.1. The Morgan fingerprint density at radius 2 is 2.00 bits per heavy atom. The van der Waals surface area contributed by atoms with Crippen LogP contribution >= 0.6 is 11.3 Å². The van der Waals surface area contributed by atoms with Crippen molar-refractivity contribution in [2.24, 2.45) is 0 Å². The number of nitrogens with zero attached hydrogens (tertiary/aromatic N) is 2. The Hall–Kier alpha value is -2.21. The number of nitrogens with two attached hydrogens (primary N) is 1. The van der Waals surface area contributed by atoms with Crippen molar-refractivity contribution < 1.29 is 4.39 Å². The number of nitrogen functional groups attached to an aromatic ring is 1. The minimum absolute atomic E-state index is 0.205. The highest BCUT2D eigenvalue weighted by Gasteiger charge is 2.10. The monoisotopic (exact) mass is 288 g/mol. The number of aryl methyl sites for hydroxylation is 2. The summed E-state index contributed by atoms with van der Waals surface area (Å²) in [4.78, 5) is 10.4. The quantitative estimate of drug-likeness (QED) is 0.753. The summed E-state index contributed by atoms with van der Waals surface area (Å²) in [6, 6.07) is 6.59. The summed E-state index contributed by atoms with van der Waals surface area (Å²) in [7, 11) is 0. The Labute approximate surface area is 119 Å². The lowest BCUT2D eigenvalue weighted by Gasteiger charge is -2.10. The molecule has 3 rings (SSSR count). The second-order valence-electron chi connectivity index (χ2n) is 4.59. The summed E-state index contributed by atoms with van der Waals surface area (Å²) >= 11 is 1.55. The number of halogens is 1. The van der Waals surface area contributed by atoms with E-state index in [1.165, 1.54) is 12.1 Å². The normalized spacial score (nSPS) is 10.9. The van der Waals surface area contributed by atoms with Crippen LogP contribution in [0, 0.1) is 19.7 Å². The van der Waals surface area contributed by atoms with Crippen molar-refractivity contribution in [3.63, 3.8) is 0 Å². The first-order valence-electron chi connectivity index (χ1n) is 6.10. The molecule has 1 aromatic carbocycles. The van der Waals surface area contributed by atoms with Gasteiger partial charge in [-0.25, -0.2) is 9.37 Å². The molecular formula is C14H13FN4S. The van der Waals surface area contributed by atoms with Gasteiger partial charge in [-0.3, -0.25) is 0 Å². The summed E-state index contributed by atoms with van der Waals surface area (Å²) in [6.07, 6.45) is 0. The molecule has 0 aliphatic carbocycles. The molecule has 20 heavy (non-hydrogen) atoms. The van der Waals surface area contributed by atoms with Crippen LogP contribution in [0.1, 0.15) is 10.4 Å². The molecule has 0 saturated carbocycles. The van der Waals surface area contributed by atoms with Gasteiger partial charge >= 0.3 is 0 Å². The molecule has 102 valence electrons. The fourth-order valence-electron chi connectivity index (χ4n) is 2.01. The first-order chi connectivity index (χ1) is 9.52. The van der Waals surface area contributed by atoms with Crippen LogP contribution in [-0.2, 0) is 0 Å². The van der Waals surface area contributed by atoms with Gasteiger partial charge in [-0.05, 0) is 37.6 Å². The average Bonchev–Trinajstić information content (AvgIpc) is 2.74. The van der Waals surface area contributed by atoms with Crippen LogP contribution in [0.4, 0.5) is 21.8 Å². The topological polar surface area (TPSA) is 63.8 Å². The second-order valence-corrected chi connectivity index (χ2v) is 5.83. The maximum Gasteiger partial charge on any atom is 0.223 e. The van der Waals surface area contributed by atoms with Gasteiger partial charge in [0.2, 0.25) is 5.95 Å². The van der Waals surface area contributed by atoms with Crippen LogP contribution in [0.15, 0.2) is 24.3 Å². The van der Waals surface area contributed by atoms with Gasteiger partial charge in [0.25, 0.3) is 0 Å². The van der Waals surface area contributed by atoms with Crippen molar-refractivity contribution in [2.45, 2.75) is 13.8 Å². The third-order valence-corrected chi connectivity index (χ3v) is 3.93. The number of hydrogen-bond donors (Lipinski definition) is 2. The van der Waals surface area contributed by atoms with Gasteiger partial charge in [-0.15, -0.1) is 11.3 Å². The number of rotatable bonds is 2. The number of aromatic nitrogens is 2. The Morgan fingerprint density at radius 1 is 1.20 bits per heavy atom. The summed E-state index contributed by atoms with van der Waals surface area (Å²) in [6.45, 7) is 3.90. The molecule has 0 saturated heterocycles. The zero-order valence-corrected chi connectivity index (χ0v) is 11.9. The average molecular weight is 288 g/mol. The number of fused-ring (bicyclic) bond motifs is 1. The van der Waals surface area contributed by atoms with E-state index in [1.807, 2.05) is 19.9 Å². The number of nitrogens with one attached hydrogen (secondary N) is 1. The van der Waals surface area contributed by atoms with Crippen LogP contribution in [0.2, 0.25) is 0 Å². The lowest BCUT2D eigenvalue weighted by Crippen LogP contribution is -2.01. The van der Waals surface area contributed by atoms with Crippen molar-refractivity contribution in [3.05, 3.63) is 40.5 Å². The van der Waals surface area contributed by atoms with Gasteiger partial charge in [0.05, 0.1) is 5.39 Å². The predicted octanol–water partition coefficient (Wildman–Crippen LogP) is 3.77. The molecule has 0 fully saturated rings. The van der Waals surface area contributed by atoms with Gasteiger partial charge in [-0.2, -0.15) is 4.98 Å². The minimum Gasteiger partial charge on any atom is -0.368 e. The largest absolute Gasteiger partial charge is 0.368 e. The molecule has 4 nitrogen and oxygen atoms in total. The van der Waals surface area contributed by atoms with Crippen molar-refractivity contribution in [1.29, 1.82) is 0 Å². The van der Waals surface area contributed by atoms with Gasteiger partial charge in [0, 0.05) is 10.6 Å².